The Morgan fingerprint density at radius 2 is 1.85 bits per heavy atom. The molecule has 26 heavy (non-hydrogen) atoms. The fourth-order valence-electron chi connectivity index (χ4n) is 4.27. The molecular formula is C18H19N5OS2. The maximum Gasteiger partial charge on any atom is 0.233 e. The van der Waals surface area contributed by atoms with E-state index in [2.05, 4.69) is 26.1 Å². The summed E-state index contributed by atoms with van der Waals surface area (Å²) in [6.45, 7) is 0. The average molecular weight is 386 g/mol. The standard InChI is InChI=1S/C18H19N5OS2/c24-17(11-25-18-21-15-3-1-2-4-16(15)26-18)22-12-5-6-13(22)10-14(9-12)23-19-7-8-20-23/h1-4,7-8,12-14H,5-6,9-11H2. The maximum absolute atomic E-state index is 12.9. The number of para-hydroxylation sites is 1. The summed E-state index contributed by atoms with van der Waals surface area (Å²) in [5, 5.41) is 8.59. The number of carbonyl (C=O) groups excluding carboxylic acids is 1. The van der Waals surface area contributed by atoms with Crippen molar-refractivity contribution in [2.45, 2.75) is 48.1 Å². The number of hydrogen-bond acceptors (Lipinski definition) is 6. The van der Waals surface area contributed by atoms with Crippen molar-refractivity contribution in [1.29, 1.82) is 0 Å². The van der Waals surface area contributed by atoms with Crippen LogP contribution in [0.3, 0.4) is 0 Å². The predicted molar refractivity (Wildman–Crippen MR) is 102 cm³/mol. The number of aromatic nitrogens is 4. The zero-order valence-corrected chi connectivity index (χ0v) is 15.8. The van der Waals surface area contributed by atoms with E-state index in [1.165, 1.54) is 4.70 Å². The number of piperidine rings is 1. The highest BCUT2D eigenvalue weighted by atomic mass is 32.2. The van der Waals surface area contributed by atoms with Crippen molar-refractivity contribution in [2.24, 2.45) is 0 Å². The molecule has 2 bridgehead atoms. The summed E-state index contributed by atoms with van der Waals surface area (Å²) >= 11 is 3.23. The van der Waals surface area contributed by atoms with Gasteiger partial charge < -0.3 is 4.90 Å². The van der Waals surface area contributed by atoms with Gasteiger partial charge in [-0.2, -0.15) is 15.0 Å². The molecule has 6 nitrogen and oxygen atoms in total. The Kier molecular flexibility index (Phi) is 4.17. The molecule has 0 N–H and O–H groups in total. The van der Waals surface area contributed by atoms with Crippen LogP contribution < -0.4 is 0 Å². The first-order valence-electron chi connectivity index (χ1n) is 8.93. The van der Waals surface area contributed by atoms with Crippen LogP contribution in [0.4, 0.5) is 0 Å². The average Bonchev–Trinajstić information content (AvgIpc) is 3.37. The highest BCUT2D eigenvalue weighted by molar-refractivity contribution is 8.01. The molecule has 8 heteroatoms. The molecule has 2 unspecified atom stereocenters. The minimum Gasteiger partial charge on any atom is -0.336 e. The van der Waals surface area contributed by atoms with Gasteiger partial charge in [-0.15, -0.1) is 11.3 Å². The molecule has 2 aromatic heterocycles. The Morgan fingerprint density at radius 1 is 1.12 bits per heavy atom. The van der Waals surface area contributed by atoms with Crippen LogP contribution >= 0.6 is 23.1 Å². The van der Waals surface area contributed by atoms with Crippen LogP contribution in [-0.4, -0.2) is 48.6 Å². The van der Waals surface area contributed by atoms with Gasteiger partial charge in [-0.1, -0.05) is 23.9 Å². The van der Waals surface area contributed by atoms with Crippen molar-refractivity contribution in [3.8, 4) is 0 Å². The first-order chi connectivity index (χ1) is 12.8. The van der Waals surface area contributed by atoms with Crippen LogP contribution in [0.1, 0.15) is 31.7 Å². The zero-order chi connectivity index (χ0) is 17.5. The van der Waals surface area contributed by atoms with Crippen molar-refractivity contribution < 1.29 is 4.79 Å². The lowest BCUT2D eigenvalue weighted by molar-refractivity contribution is -0.133. The number of rotatable bonds is 4. The van der Waals surface area contributed by atoms with Crippen molar-refractivity contribution >= 4 is 39.2 Å². The maximum atomic E-state index is 12.9. The van der Waals surface area contributed by atoms with E-state index in [9.17, 15) is 4.79 Å². The summed E-state index contributed by atoms with van der Waals surface area (Å²) in [6.07, 6.45) is 7.58. The second kappa shape index (κ2) is 6.66. The lowest BCUT2D eigenvalue weighted by Crippen LogP contribution is -2.47. The van der Waals surface area contributed by atoms with E-state index in [-0.39, 0.29) is 5.91 Å². The molecule has 2 fully saturated rings. The number of thiazole rings is 1. The molecule has 5 rings (SSSR count). The molecule has 3 aromatic rings. The number of hydrogen-bond donors (Lipinski definition) is 0. The molecular weight excluding hydrogens is 366 g/mol. The van der Waals surface area contributed by atoms with Gasteiger partial charge in [-0.05, 0) is 37.8 Å². The summed E-state index contributed by atoms with van der Waals surface area (Å²) in [7, 11) is 0. The fraction of sp³-hybridized carbons (Fsp3) is 0.444. The summed E-state index contributed by atoms with van der Waals surface area (Å²) < 4.78 is 2.15. The molecule has 2 aliphatic heterocycles. The number of nitrogens with zero attached hydrogens (tertiary/aromatic N) is 5. The van der Waals surface area contributed by atoms with E-state index in [0.717, 1.165) is 35.5 Å². The van der Waals surface area contributed by atoms with Gasteiger partial charge in [0, 0.05) is 12.1 Å². The first-order valence-corrected chi connectivity index (χ1v) is 10.7. The molecule has 0 aliphatic carbocycles. The van der Waals surface area contributed by atoms with Gasteiger partial charge in [-0.25, -0.2) is 4.98 Å². The molecule has 0 saturated carbocycles. The minimum atomic E-state index is 0.244. The van der Waals surface area contributed by atoms with Gasteiger partial charge in [0.2, 0.25) is 5.91 Å². The van der Waals surface area contributed by atoms with Crippen LogP contribution in [0.25, 0.3) is 10.2 Å². The molecule has 2 saturated heterocycles. The SMILES string of the molecule is O=C(CSc1nc2ccccc2s1)N1C2CCC1CC(n1nccn1)C2. The molecule has 2 aliphatic rings. The van der Waals surface area contributed by atoms with Crippen molar-refractivity contribution in [3.05, 3.63) is 36.7 Å². The Morgan fingerprint density at radius 3 is 2.58 bits per heavy atom. The molecule has 134 valence electrons. The van der Waals surface area contributed by atoms with E-state index in [4.69, 9.17) is 0 Å². The van der Waals surface area contributed by atoms with Crippen LogP contribution in [0.2, 0.25) is 0 Å². The highest BCUT2D eigenvalue weighted by Crippen LogP contribution is 2.41. The largest absolute Gasteiger partial charge is 0.336 e. The topological polar surface area (TPSA) is 63.9 Å². The van der Waals surface area contributed by atoms with Gasteiger partial charge in [0.1, 0.15) is 0 Å². The van der Waals surface area contributed by atoms with Crippen molar-refractivity contribution in [3.63, 3.8) is 0 Å². The van der Waals surface area contributed by atoms with Gasteiger partial charge in [0.15, 0.2) is 4.34 Å². The Balaban J connectivity index is 1.25. The minimum absolute atomic E-state index is 0.244. The monoisotopic (exact) mass is 385 g/mol. The summed E-state index contributed by atoms with van der Waals surface area (Å²) in [5.41, 5.74) is 1.01. The third-order valence-electron chi connectivity index (χ3n) is 5.35. The third kappa shape index (κ3) is 2.91. The summed E-state index contributed by atoms with van der Waals surface area (Å²) in [6, 6.07) is 9.10. The lowest BCUT2D eigenvalue weighted by atomic mass is 9.98. The van der Waals surface area contributed by atoms with E-state index < -0.39 is 0 Å². The smallest absolute Gasteiger partial charge is 0.233 e. The number of amides is 1. The fourth-order valence-corrected chi connectivity index (χ4v) is 6.21. The second-order valence-electron chi connectivity index (χ2n) is 6.90. The highest BCUT2D eigenvalue weighted by Gasteiger charge is 2.44. The van der Waals surface area contributed by atoms with Crippen LogP contribution in [0, 0.1) is 0 Å². The van der Waals surface area contributed by atoms with Gasteiger partial charge in [-0.3, -0.25) is 4.79 Å². The van der Waals surface area contributed by atoms with Gasteiger partial charge in [0.05, 0.1) is 34.4 Å². The number of carbonyl (C=O) groups is 1. The molecule has 4 heterocycles. The normalized spacial score (nSPS) is 25.1. The Bertz CT molecular complexity index is 878. The third-order valence-corrected chi connectivity index (χ3v) is 7.52. The van der Waals surface area contributed by atoms with Crippen molar-refractivity contribution in [1.82, 2.24) is 24.9 Å². The molecule has 1 aromatic carbocycles. The number of thioether (sulfide) groups is 1. The molecule has 0 spiro atoms. The molecule has 1 amide bonds. The van der Waals surface area contributed by atoms with E-state index in [1.807, 2.05) is 23.0 Å². The van der Waals surface area contributed by atoms with Gasteiger partial charge >= 0.3 is 0 Å². The zero-order valence-electron chi connectivity index (χ0n) is 14.2. The second-order valence-corrected chi connectivity index (χ2v) is 9.15. The summed E-state index contributed by atoms with van der Waals surface area (Å²) in [4.78, 5) is 21.5. The van der Waals surface area contributed by atoms with Crippen LogP contribution in [-0.2, 0) is 4.79 Å². The van der Waals surface area contributed by atoms with Crippen LogP contribution in [0.5, 0.6) is 0 Å². The molecule has 0 radical (unpaired) electrons. The first kappa shape index (κ1) is 16.3. The lowest BCUT2D eigenvalue weighted by Gasteiger charge is -2.38. The Labute approximate surface area is 159 Å². The summed E-state index contributed by atoms with van der Waals surface area (Å²) in [5.74, 6) is 0.714. The van der Waals surface area contributed by atoms with E-state index >= 15 is 0 Å². The predicted octanol–water partition coefficient (Wildman–Crippen LogP) is 3.37. The quantitative estimate of drug-likeness (QED) is 0.644. The number of benzene rings is 1. The Hall–Kier alpha value is -1.93. The van der Waals surface area contributed by atoms with E-state index in [0.29, 0.717) is 23.9 Å². The van der Waals surface area contributed by atoms with Crippen LogP contribution in [0.15, 0.2) is 41.0 Å². The van der Waals surface area contributed by atoms with E-state index in [1.54, 1.807) is 35.5 Å². The molecule has 2 atom stereocenters. The number of fused-ring (bicyclic) bond motifs is 3. The van der Waals surface area contributed by atoms with Crippen molar-refractivity contribution in [2.75, 3.05) is 5.75 Å². The van der Waals surface area contributed by atoms with Gasteiger partial charge in [0.25, 0.3) is 0 Å².